The Labute approximate surface area is 226 Å². The van der Waals surface area contributed by atoms with Gasteiger partial charge in [0, 0.05) is 30.3 Å². The number of sulfonamides is 1. The van der Waals surface area contributed by atoms with Gasteiger partial charge in [0.2, 0.25) is 21.8 Å². The van der Waals surface area contributed by atoms with Gasteiger partial charge in [-0.3, -0.25) is 4.79 Å². The maximum atomic E-state index is 13.8. The smallest absolute Gasteiger partial charge is 0.356 e. The summed E-state index contributed by atoms with van der Waals surface area (Å²) in [5.41, 5.74) is 1.91. The Morgan fingerprint density at radius 3 is 2.38 bits per heavy atom. The van der Waals surface area contributed by atoms with Gasteiger partial charge in [0.15, 0.2) is 5.69 Å². The van der Waals surface area contributed by atoms with Crippen molar-refractivity contribution < 1.29 is 32.6 Å². The van der Waals surface area contributed by atoms with Crippen molar-refractivity contribution in [2.24, 2.45) is 5.92 Å². The summed E-state index contributed by atoms with van der Waals surface area (Å²) in [6.07, 6.45) is 2.61. The van der Waals surface area contributed by atoms with Crippen LogP contribution in [-0.4, -0.2) is 65.8 Å². The first-order chi connectivity index (χ1) is 18.6. The summed E-state index contributed by atoms with van der Waals surface area (Å²) in [7, 11) is -4.06. The van der Waals surface area contributed by atoms with Gasteiger partial charge in [-0.25, -0.2) is 13.2 Å². The molecule has 3 aromatic rings. The molecule has 2 aliphatic rings. The maximum absolute atomic E-state index is 13.8. The van der Waals surface area contributed by atoms with Crippen LogP contribution in [0.4, 0.5) is 5.69 Å². The van der Waals surface area contributed by atoms with E-state index in [1.165, 1.54) is 21.1 Å². The minimum absolute atomic E-state index is 0.0172. The van der Waals surface area contributed by atoms with Crippen LogP contribution in [0.1, 0.15) is 40.9 Å². The molecular weight excluding hydrogens is 524 g/mol. The topological polar surface area (TPSA) is 140 Å². The van der Waals surface area contributed by atoms with Crippen LogP contribution >= 0.6 is 0 Å². The van der Waals surface area contributed by atoms with E-state index in [0.717, 1.165) is 24.8 Å². The molecule has 1 aliphatic carbocycles. The highest BCUT2D eigenvalue weighted by molar-refractivity contribution is 7.89. The highest BCUT2D eigenvalue weighted by Crippen LogP contribution is 2.37. The van der Waals surface area contributed by atoms with E-state index in [9.17, 15) is 23.1 Å². The van der Waals surface area contributed by atoms with Gasteiger partial charge in [0.1, 0.15) is 10.6 Å². The highest BCUT2D eigenvalue weighted by atomic mass is 32.2. The third-order valence-corrected chi connectivity index (χ3v) is 8.95. The zero-order valence-corrected chi connectivity index (χ0v) is 22.5. The Morgan fingerprint density at radius 2 is 1.77 bits per heavy atom. The number of aryl methyl sites for hydroxylation is 1. The molecule has 2 N–H and O–H groups in total. The fourth-order valence-corrected chi connectivity index (χ4v) is 6.03. The largest absolute Gasteiger partial charge is 0.476 e. The zero-order chi connectivity index (χ0) is 27.7. The number of aromatic nitrogens is 2. The van der Waals surface area contributed by atoms with Crippen molar-refractivity contribution >= 4 is 27.6 Å². The molecule has 1 saturated heterocycles. The van der Waals surface area contributed by atoms with E-state index >= 15 is 0 Å². The summed E-state index contributed by atoms with van der Waals surface area (Å²) in [4.78, 5) is 24.3. The second kappa shape index (κ2) is 10.8. The molecule has 0 atom stereocenters. The fraction of sp³-hybridized carbons (Fsp3) is 0.370. The average Bonchev–Trinajstić information content (AvgIpc) is 3.21. The maximum Gasteiger partial charge on any atom is 0.356 e. The number of nitrogens with zero attached hydrogens (tertiary/aromatic N) is 3. The van der Waals surface area contributed by atoms with E-state index in [4.69, 9.17) is 9.47 Å². The fourth-order valence-electron chi connectivity index (χ4n) is 4.48. The van der Waals surface area contributed by atoms with Gasteiger partial charge in [-0.2, -0.15) is 14.1 Å². The van der Waals surface area contributed by atoms with E-state index in [1.54, 1.807) is 25.1 Å². The molecule has 1 amide bonds. The van der Waals surface area contributed by atoms with Gasteiger partial charge in [0.05, 0.1) is 18.9 Å². The van der Waals surface area contributed by atoms with Crippen LogP contribution in [0.15, 0.2) is 47.4 Å². The number of anilines is 1. The summed E-state index contributed by atoms with van der Waals surface area (Å²) in [5.74, 6) is -1.42. The predicted octanol–water partition coefficient (Wildman–Crippen LogP) is 3.74. The minimum atomic E-state index is -4.06. The second-order valence-corrected chi connectivity index (χ2v) is 11.6. The summed E-state index contributed by atoms with van der Waals surface area (Å²) in [5, 5.41) is 16.8. The lowest BCUT2D eigenvalue weighted by molar-refractivity contribution is -0.122. The van der Waals surface area contributed by atoms with Gasteiger partial charge < -0.3 is 19.9 Å². The van der Waals surface area contributed by atoms with E-state index in [1.807, 2.05) is 19.1 Å². The monoisotopic (exact) mass is 554 g/mol. The molecule has 0 unspecified atom stereocenters. The van der Waals surface area contributed by atoms with Crippen LogP contribution < -0.4 is 10.1 Å². The number of hydrogen-bond acceptors (Lipinski definition) is 7. The lowest BCUT2D eigenvalue weighted by Crippen LogP contribution is -2.40. The van der Waals surface area contributed by atoms with Crippen molar-refractivity contribution in [2.45, 2.75) is 38.0 Å². The van der Waals surface area contributed by atoms with Gasteiger partial charge in [0.25, 0.3) is 0 Å². The van der Waals surface area contributed by atoms with Crippen molar-refractivity contribution in [1.29, 1.82) is 0 Å². The average molecular weight is 555 g/mol. The molecule has 206 valence electrons. The molecule has 0 spiro atoms. The number of carbonyl (C=O) groups is 2. The first-order valence-corrected chi connectivity index (χ1v) is 14.2. The van der Waals surface area contributed by atoms with Crippen molar-refractivity contribution in [1.82, 2.24) is 14.1 Å². The predicted molar refractivity (Wildman–Crippen MR) is 142 cm³/mol. The third-order valence-electron chi connectivity index (χ3n) is 7.03. The Bertz CT molecular complexity index is 1510. The van der Waals surface area contributed by atoms with Crippen LogP contribution in [0.3, 0.4) is 0 Å². The molecule has 1 aliphatic heterocycles. The number of carbonyl (C=O) groups excluding carboxylic acids is 1. The number of nitrogens with one attached hydrogen (secondary N) is 1. The number of carboxylic acid groups (broad SMARTS) is 1. The SMILES string of the molecule is Cc1ccc(-n2nc(C(=O)O)c(C)c2Oc2ccc(NC(=O)C3CCC3)cc2S(=O)(=O)N2CCOCC2)cc1. The number of aromatic carboxylic acids is 1. The molecule has 2 fully saturated rings. The lowest BCUT2D eigenvalue weighted by Gasteiger charge is -2.27. The zero-order valence-electron chi connectivity index (χ0n) is 21.7. The summed E-state index contributed by atoms with van der Waals surface area (Å²) in [6, 6.07) is 11.7. The first-order valence-electron chi connectivity index (χ1n) is 12.8. The number of amides is 1. The molecule has 0 radical (unpaired) electrons. The summed E-state index contributed by atoms with van der Waals surface area (Å²) in [6.45, 7) is 4.34. The van der Waals surface area contributed by atoms with E-state index in [2.05, 4.69) is 10.4 Å². The van der Waals surface area contributed by atoms with Crippen molar-refractivity contribution in [3.8, 4) is 17.3 Å². The quantitative estimate of drug-likeness (QED) is 0.429. The molecule has 39 heavy (non-hydrogen) atoms. The number of benzene rings is 2. The lowest BCUT2D eigenvalue weighted by atomic mass is 9.85. The third kappa shape index (κ3) is 5.40. The number of morpholine rings is 1. The van der Waals surface area contributed by atoms with Gasteiger partial charge in [-0.15, -0.1) is 0 Å². The molecular formula is C27H30N4O7S. The van der Waals surface area contributed by atoms with E-state index in [0.29, 0.717) is 11.4 Å². The van der Waals surface area contributed by atoms with Crippen LogP contribution in [0.2, 0.25) is 0 Å². The number of carboxylic acids is 1. The summed E-state index contributed by atoms with van der Waals surface area (Å²) >= 11 is 0. The number of rotatable bonds is 8. The molecule has 12 heteroatoms. The second-order valence-electron chi connectivity index (χ2n) is 9.73. The van der Waals surface area contributed by atoms with Gasteiger partial charge >= 0.3 is 5.97 Å². The van der Waals surface area contributed by atoms with Crippen molar-refractivity contribution in [3.05, 3.63) is 59.3 Å². The normalized spacial score (nSPS) is 16.5. The Morgan fingerprint density at radius 1 is 1.08 bits per heavy atom. The van der Waals surface area contributed by atoms with Crippen LogP contribution in [-0.2, 0) is 19.6 Å². The molecule has 0 bridgehead atoms. The number of hydrogen-bond donors (Lipinski definition) is 2. The van der Waals surface area contributed by atoms with Crippen LogP contribution in [0, 0.1) is 19.8 Å². The molecule has 5 rings (SSSR count). The Balaban J connectivity index is 1.59. The first kappa shape index (κ1) is 26.9. The highest BCUT2D eigenvalue weighted by Gasteiger charge is 2.32. The molecule has 11 nitrogen and oxygen atoms in total. The minimum Gasteiger partial charge on any atom is -0.476 e. The molecule has 1 aromatic heterocycles. The standard InChI is InChI=1S/C27H30N4O7S/c1-17-6-9-21(10-7-17)31-26(18(2)24(29-31)27(33)34)38-22-11-8-20(28-25(32)19-4-3-5-19)16-23(22)39(35,36)30-12-14-37-15-13-30/h6-11,16,19H,3-5,12-15H2,1-2H3,(H,28,32)(H,33,34). The Hall–Kier alpha value is -3.74. The van der Waals surface area contributed by atoms with Crippen molar-refractivity contribution in [2.75, 3.05) is 31.6 Å². The van der Waals surface area contributed by atoms with Crippen molar-refractivity contribution in [3.63, 3.8) is 0 Å². The van der Waals surface area contributed by atoms with E-state index < -0.39 is 16.0 Å². The molecule has 2 heterocycles. The van der Waals surface area contributed by atoms with Crippen LogP contribution in [0.25, 0.3) is 5.69 Å². The van der Waals surface area contributed by atoms with Gasteiger partial charge in [-0.05, 0) is 57.0 Å². The number of ether oxygens (including phenoxy) is 2. The summed E-state index contributed by atoms with van der Waals surface area (Å²) < 4.78 is 41.8. The van der Waals surface area contributed by atoms with Gasteiger partial charge in [-0.1, -0.05) is 24.1 Å². The Kier molecular flexibility index (Phi) is 7.43. The van der Waals surface area contributed by atoms with E-state index in [-0.39, 0.29) is 65.9 Å². The molecule has 1 saturated carbocycles. The molecule has 2 aromatic carbocycles. The van der Waals surface area contributed by atoms with Crippen LogP contribution in [0.5, 0.6) is 11.6 Å².